The number of ether oxygens (including phenoxy) is 4. The molecule has 1 amide bonds. The molecule has 2 N–H and O–H groups in total. The molecule has 0 spiro atoms. The van der Waals surface area contributed by atoms with E-state index >= 15 is 0 Å². The van der Waals surface area contributed by atoms with Crippen LogP contribution in [0.2, 0.25) is 5.15 Å². The first-order chi connectivity index (χ1) is 22.6. The van der Waals surface area contributed by atoms with E-state index < -0.39 is 30.0 Å². The van der Waals surface area contributed by atoms with E-state index in [0.717, 1.165) is 22.3 Å². The number of phenolic OH excluding ortho intramolecular Hbond substituents is 1. The highest BCUT2D eigenvalue weighted by Crippen LogP contribution is 2.58. The van der Waals surface area contributed by atoms with Gasteiger partial charge in [0.25, 0.3) is 5.91 Å². The molecule has 1 saturated heterocycles. The molecular formula is C34H34ClN5O7. The van der Waals surface area contributed by atoms with Crippen molar-refractivity contribution < 1.29 is 33.6 Å². The molecule has 244 valence electrons. The molecule has 4 aliphatic heterocycles. The fraction of sp³-hybridized carbons (Fsp3) is 0.412. The van der Waals surface area contributed by atoms with Crippen molar-refractivity contribution in [2.45, 2.75) is 63.8 Å². The number of nitriles is 1. The number of piperazine rings is 1. The number of phenols is 1. The SMILES string of the molecule is COc1c(C)cc2c(c1O)[C@@H]1C3Cc4c(OC(C)=O)c(C)c5c(c4[C@H](CNC(=O)c4cccnc4Cl)N3[C@@H](C#N)[C@H](C2)N1C)OCO5. The van der Waals surface area contributed by atoms with Gasteiger partial charge in [-0.3, -0.25) is 19.4 Å². The summed E-state index contributed by atoms with van der Waals surface area (Å²) in [7, 11) is 3.50. The molecule has 5 heterocycles. The van der Waals surface area contributed by atoms with Crippen molar-refractivity contribution in [3.05, 3.63) is 68.5 Å². The van der Waals surface area contributed by atoms with E-state index in [-0.39, 0.29) is 41.9 Å². The summed E-state index contributed by atoms with van der Waals surface area (Å²) in [6.07, 6.45) is 2.37. The Hall–Kier alpha value is -4.57. The minimum atomic E-state index is -0.618. The van der Waals surface area contributed by atoms with E-state index in [2.05, 4.69) is 26.2 Å². The van der Waals surface area contributed by atoms with E-state index in [1.54, 1.807) is 12.1 Å². The third kappa shape index (κ3) is 4.67. The molecule has 0 radical (unpaired) electrons. The van der Waals surface area contributed by atoms with E-state index in [1.165, 1.54) is 20.2 Å². The standard InChI is InChI=1S/C34H34ClN5O7/c1-15-9-18-10-21-23(12-36)40-22(27(39(21)4)25(18)28(42)29(15)44-5)11-20-26(24(40)13-38-34(43)19-7-6-8-37-33(19)35)32-31(45-14-46-32)16(2)30(20)47-17(3)41/h6-9,21-24,27,42H,10-11,13-14H2,1-5H3,(H,38,43)/t21-,22?,23-,24-,27-/m0/s1. The van der Waals surface area contributed by atoms with Crippen LogP contribution in [0, 0.1) is 25.2 Å². The van der Waals surface area contributed by atoms with Crippen LogP contribution >= 0.6 is 11.6 Å². The minimum absolute atomic E-state index is 0.0317. The van der Waals surface area contributed by atoms with E-state index in [9.17, 15) is 20.0 Å². The van der Waals surface area contributed by atoms with Gasteiger partial charge in [-0.2, -0.15) is 5.26 Å². The summed E-state index contributed by atoms with van der Waals surface area (Å²) < 4.78 is 23.5. The molecule has 47 heavy (non-hydrogen) atoms. The van der Waals surface area contributed by atoms with Crippen LogP contribution < -0.4 is 24.3 Å². The zero-order valence-corrected chi connectivity index (χ0v) is 27.3. The van der Waals surface area contributed by atoms with Crippen LogP contribution in [0.5, 0.6) is 28.7 Å². The number of rotatable bonds is 5. The number of hydrogen-bond donors (Lipinski definition) is 2. The number of amides is 1. The Morgan fingerprint density at radius 3 is 2.66 bits per heavy atom. The minimum Gasteiger partial charge on any atom is -0.504 e. The normalized spacial score (nSPS) is 24.0. The lowest BCUT2D eigenvalue weighted by molar-refractivity contribution is -0.132. The first-order valence-corrected chi connectivity index (χ1v) is 15.7. The zero-order valence-electron chi connectivity index (χ0n) is 26.6. The lowest BCUT2D eigenvalue weighted by Gasteiger charge is -2.60. The number of aryl methyl sites for hydroxylation is 1. The van der Waals surface area contributed by atoms with Crippen molar-refractivity contribution in [1.29, 1.82) is 5.26 Å². The summed E-state index contributed by atoms with van der Waals surface area (Å²) in [4.78, 5) is 34.3. The molecule has 2 aromatic carbocycles. The Morgan fingerprint density at radius 1 is 1.19 bits per heavy atom. The number of fused-ring (bicyclic) bond motifs is 9. The van der Waals surface area contributed by atoms with Crippen LogP contribution in [-0.4, -0.2) is 77.4 Å². The van der Waals surface area contributed by atoms with Crippen LogP contribution in [-0.2, 0) is 17.6 Å². The van der Waals surface area contributed by atoms with E-state index in [4.69, 9.17) is 30.5 Å². The predicted octanol–water partition coefficient (Wildman–Crippen LogP) is 3.92. The zero-order chi connectivity index (χ0) is 33.3. The Labute approximate surface area is 276 Å². The van der Waals surface area contributed by atoms with Gasteiger partial charge in [0.1, 0.15) is 16.9 Å². The third-order valence-electron chi connectivity index (χ3n) is 9.97. The fourth-order valence-electron chi connectivity index (χ4n) is 8.15. The smallest absolute Gasteiger partial charge is 0.308 e. The summed E-state index contributed by atoms with van der Waals surface area (Å²) in [5.41, 5.74) is 4.73. The Balaban J connectivity index is 1.44. The van der Waals surface area contributed by atoms with Gasteiger partial charge in [0.15, 0.2) is 23.0 Å². The molecule has 3 aromatic rings. The molecule has 7 rings (SSSR count). The second-order valence-corrected chi connectivity index (χ2v) is 12.8. The van der Waals surface area contributed by atoms with Crippen LogP contribution in [0.4, 0.5) is 0 Å². The summed E-state index contributed by atoms with van der Waals surface area (Å²) >= 11 is 6.27. The number of aromatic hydroxyl groups is 1. The number of nitrogens with zero attached hydrogens (tertiary/aromatic N) is 4. The predicted molar refractivity (Wildman–Crippen MR) is 169 cm³/mol. The van der Waals surface area contributed by atoms with Gasteiger partial charge in [-0.15, -0.1) is 0 Å². The molecule has 4 aliphatic rings. The first-order valence-electron chi connectivity index (χ1n) is 15.4. The quantitative estimate of drug-likeness (QED) is 0.233. The number of esters is 1. The number of carbonyl (C=O) groups is 2. The molecule has 1 aromatic heterocycles. The summed E-state index contributed by atoms with van der Waals surface area (Å²) in [5.74, 6) is 0.851. The average molecular weight is 660 g/mol. The number of likely N-dealkylation sites (N-methyl/N-ethyl adjacent to an activating group) is 1. The molecular weight excluding hydrogens is 626 g/mol. The number of aromatic nitrogens is 1. The van der Waals surface area contributed by atoms with Crippen LogP contribution in [0.25, 0.3) is 0 Å². The maximum Gasteiger partial charge on any atom is 0.308 e. The highest BCUT2D eigenvalue weighted by molar-refractivity contribution is 6.32. The van der Waals surface area contributed by atoms with Crippen molar-refractivity contribution in [3.8, 4) is 34.8 Å². The third-order valence-corrected chi connectivity index (χ3v) is 10.3. The number of pyridine rings is 1. The summed E-state index contributed by atoms with van der Waals surface area (Å²) in [6, 6.07) is 5.58. The van der Waals surface area contributed by atoms with Crippen LogP contribution in [0.1, 0.15) is 62.7 Å². The van der Waals surface area contributed by atoms with Gasteiger partial charge in [-0.1, -0.05) is 17.7 Å². The topological polar surface area (TPSA) is 146 Å². The summed E-state index contributed by atoms with van der Waals surface area (Å²) in [5, 5.41) is 25.6. The number of halogens is 1. The van der Waals surface area contributed by atoms with Crippen LogP contribution in [0.15, 0.2) is 24.4 Å². The van der Waals surface area contributed by atoms with Gasteiger partial charge < -0.3 is 29.4 Å². The molecule has 1 fully saturated rings. The van der Waals surface area contributed by atoms with Gasteiger partial charge in [0, 0.05) is 54.0 Å². The molecule has 0 aliphatic carbocycles. The highest BCUT2D eigenvalue weighted by atomic mass is 35.5. The maximum absolute atomic E-state index is 13.5. The van der Waals surface area contributed by atoms with Gasteiger partial charge in [-0.25, -0.2) is 4.98 Å². The molecule has 5 atom stereocenters. The molecule has 1 unspecified atom stereocenters. The molecule has 12 nitrogen and oxygen atoms in total. The second-order valence-electron chi connectivity index (χ2n) is 12.4. The summed E-state index contributed by atoms with van der Waals surface area (Å²) in [6.45, 7) is 5.08. The second kappa shape index (κ2) is 11.6. The average Bonchev–Trinajstić information content (AvgIpc) is 3.53. The lowest BCUT2D eigenvalue weighted by atomic mass is 9.71. The Kier molecular flexibility index (Phi) is 7.66. The van der Waals surface area contributed by atoms with Gasteiger partial charge in [0.2, 0.25) is 6.79 Å². The highest BCUT2D eigenvalue weighted by Gasteiger charge is 2.57. The number of nitrogens with one attached hydrogen (secondary N) is 1. The van der Waals surface area contributed by atoms with Crippen LogP contribution in [0.3, 0.4) is 0 Å². The van der Waals surface area contributed by atoms with Crippen molar-refractivity contribution >= 4 is 23.5 Å². The van der Waals surface area contributed by atoms with Crippen molar-refractivity contribution in [2.75, 3.05) is 27.5 Å². The monoisotopic (exact) mass is 659 g/mol. The fourth-order valence-corrected chi connectivity index (χ4v) is 8.36. The maximum atomic E-state index is 13.5. The molecule has 0 saturated carbocycles. The Morgan fingerprint density at radius 2 is 1.96 bits per heavy atom. The van der Waals surface area contributed by atoms with E-state index in [0.29, 0.717) is 47.0 Å². The largest absolute Gasteiger partial charge is 0.504 e. The number of methoxy groups -OCH3 is 1. The first kappa shape index (κ1) is 31.1. The van der Waals surface area contributed by atoms with E-state index in [1.807, 2.05) is 27.0 Å². The molecule has 13 heteroatoms. The van der Waals surface area contributed by atoms with Gasteiger partial charge in [0.05, 0.1) is 30.8 Å². The number of carbonyl (C=O) groups excluding carboxylic acids is 2. The van der Waals surface area contributed by atoms with Crippen molar-refractivity contribution in [3.63, 3.8) is 0 Å². The lowest BCUT2D eigenvalue weighted by Crippen LogP contribution is -2.68. The Bertz CT molecular complexity index is 1880. The number of benzene rings is 2. The molecule has 2 bridgehead atoms. The van der Waals surface area contributed by atoms with Gasteiger partial charge >= 0.3 is 5.97 Å². The van der Waals surface area contributed by atoms with Gasteiger partial charge in [-0.05, 0) is 57.0 Å². The number of hydrogen-bond acceptors (Lipinski definition) is 11. The van der Waals surface area contributed by atoms with Crippen molar-refractivity contribution in [1.82, 2.24) is 20.1 Å². The van der Waals surface area contributed by atoms with Crippen molar-refractivity contribution in [2.24, 2.45) is 0 Å².